The van der Waals surface area contributed by atoms with Crippen molar-refractivity contribution in [1.29, 1.82) is 0 Å². The summed E-state index contributed by atoms with van der Waals surface area (Å²) in [5.41, 5.74) is 6.03. The summed E-state index contributed by atoms with van der Waals surface area (Å²) in [5, 5.41) is 0. The Bertz CT molecular complexity index is 292. The van der Waals surface area contributed by atoms with Crippen LogP contribution in [0, 0.1) is 17.8 Å². The highest BCUT2D eigenvalue weighted by Crippen LogP contribution is 2.32. The number of rotatable bonds is 3. The van der Waals surface area contributed by atoms with Crippen LogP contribution in [0.5, 0.6) is 0 Å². The van der Waals surface area contributed by atoms with E-state index in [1.54, 1.807) is 0 Å². The van der Waals surface area contributed by atoms with Gasteiger partial charge >= 0.3 is 0 Å². The molecular weight excluding hydrogens is 224 g/mol. The summed E-state index contributed by atoms with van der Waals surface area (Å²) in [6.45, 7) is 6.41. The van der Waals surface area contributed by atoms with Gasteiger partial charge in [-0.3, -0.25) is 4.79 Å². The number of hydrogen-bond acceptors (Lipinski definition) is 2. The summed E-state index contributed by atoms with van der Waals surface area (Å²) in [7, 11) is 0. The van der Waals surface area contributed by atoms with Gasteiger partial charge in [0.15, 0.2) is 0 Å². The van der Waals surface area contributed by atoms with Crippen LogP contribution in [0.3, 0.4) is 0 Å². The number of hydrogen-bond donors (Lipinski definition) is 1. The molecule has 0 bridgehead atoms. The molecule has 4 unspecified atom stereocenters. The van der Waals surface area contributed by atoms with Gasteiger partial charge in [0.1, 0.15) is 0 Å². The van der Waals surface area contributed by atoms with Gasteiger partial charge in [0.05, 0.1) is 0 Å². The second kappa shape index (κ2) is 6.05. The third kappa shape index (κ3) is 3.05. The number of nitrogens with zero attached hydrogens (tertiary/aromatic N) is 1. The first-order valence-corrected chi connectivity index (χ1v) is 7.66. The number of amides is 1. The molecule has 1 aliphatic heterocycles. The van der Waals surface area contributed by atoms with Gasteiger partial charge < -0.3 is 10.6 Å². The summed E-state index contributed by atoms with van der Waals surface area (Å²) >= 11 is 0. The van der Waals surface area contributed by atoms with Crippen LogP contribution in [0.15, 0.2) is 0 Å². The molecule has 2 N–H and O–H groups in total. The Morgan fingerprint density at radius 1 is 1.33 bits per heavy atom. The zero-order valence-electron chi connectivity index (χ0n) is 11.9. The Morgan fingerprint density at radius 2 is 2.11 bits per heavy atom. The van der Waals surface area contributed by atoms with Gasteiger partial charge in [-0.15, -0.1) is 0 Å². The minimum atomic E-state index is 0.189. The van der Waals surface area contributed by atoms with Crippen molar-refractivity contribution in [1.82, 2.24) is 4.90 Å². The summed E-state index contributed by atoms with van der Waals surface area (Å²) in [6, 6.07) is 0.240. The van der Waals surface area contributed by atoms with Crippen molar-refractivity contribution < 1.29 is 4.79 Å². The largest absolute Gasteiger partial charge is 0.342 e. The van der Waals surface area contributed by atoms with E-state index in [9.17, 15) is 4.79 Å². The summed E-state index contributed by atoms with van der Waals surface area (Å²) in [4.78, 5) is 14.7. The highest BCUT2D eigenvalue weighted by Gasteiger charge is 2.36. The molecule has 2 aliphatic rings. The maximum Gasteiger partial charge on any atom is 0.226 e. The normalized spacial score (nSPS) is 36.9. The zero-order chi connectivity index (χ0) is 13.1. The van der Waals surface area contributed by atoms with Gasteiger partial charge in [-0.05, 0) is 43.9 Å². The molecule has 1 saturated heterocycles. The van der Waals surface area contributed by atoms with Gasteiger partial charge in [-0.25, -0.2) is 0 Å². The summed E-state index contributed by atoms with van der Waals surface area (Å²) in [5.74, 6) is 1.83. The van der Waals surface area contributed by atoms with E-state index in [1.165, 1.54) is 19.3 Å². The third-order valence-corrected chi connectivity index (χ3v) is 4.85. The predicted octanol–water partition coefficient (Wildman–Crippen LogP) is 2.40. The van der Waals surface area contributed by atoms with Crippen molar-refractivity contribution >= 4 is 5.91 Å². The second-order valence-electron chi connectivity index (χ2n) is 6.38. The minimum Gasteiger partial charge on any atom is -0.342 e. The molecule has 0 radical (unpaired) electrons. The zero-order valence-corrected chi connectivity index (χ0v) is 11.9. The highest BCUT2D eigenvalue weighted by atomic mass is 16.2. The first kappa shape index (κ1) is 13.9. The first-order valence-electron chi connectivity index (χ1n) is 7.66. The summed E-state index contributed by atoms with van der Waals surface area (Å²) in [6.07, 6.45) is 6.80. The second-order valence-corrected chi connectivity index (χ2v) is 6.38. The van der Waals surface area contributed by atoms with Crippen molar-refractivity contribution in [3.63, 3.8) is 0 Å². The van der Waals surface area contributed by atoms with E-state index < -0.39 is 0 Å². The molecule has 0 aromatic rings. The van der Waals surface area contributed by atoms with Crippen molar-refractivity contribution in [2.45, 2.75) is 58.4 Å². The minimum absolute atomic E-state index is 0.189. The Labute approximate surface area is 111 Å². The lowest BCUT2D eigenvalue weighted by molar-refractivity contribution is -0.137. The van der Waals surface area contributed by atoms with Crippen LogP contribution in [0.25, 0.3) is 0 Å². The molecule has 1 saturated carbocycles. The molecule has 0 aromatic heterocycles. The number of carbonyl (C=O) groups is 1. The standard InChI is InChI=1S/C15H28N2O/c1-3-4-12-7-8-17(10-12)15(18)14-9-13(16)6-5-11(14)2/h11-14H,3-10,16H2,1-2H3. The quantitative estimate of drug-likeness (QED) is 0.838. The van der Waals surface area contributed by atoms with E-state index in [0.717, 1.165) is 38.3 Å². The lowest BCUT2D eigenvalue weighted by atomic mass is 9.77. The van der Waals surface area contributed by atoms with E-state index in [0.29, 0.717) is 11.8 Å². The van der Waals surface area contributed by atoms with Crippen molar-refractivity contribution in [3.8, 4) is 0 Å². The average molecular weight is 252 g/mol. The Kier molecular flexibility index (Phi) is 4.66. The topological polar surface area (TPSA) is 46.3 Å². The molecule has 2 rings (SSSR count). The molecule has 4 atom stereocenters. The van der Waals surface area contributed by atoms with Crippen LogP contribution in [0.4, 0.5) is 0 Å². The molecule has 104 valence electrons. The van der Waals surface area contributed by atoms with E-state index in [4.69, 9.17) is 5.73 Å². The van der Waals surface area contributed by atoms with Crippen LogP contribution in [0.2, 0.25) is 0 Å². The van der Waals surface area contributed by atoms with Crippen LogP contribution < -0.4 is 5.73 Å². The van der Waals surface area contributed by atoms with Gasteiger partial charge in [0.2, 0.25) is 5.91 Å². The van der Waals surface area contributed by atoms with Crippen molar-refractivity contribution in [3.05, 3.63) is 0 Å². The molecule has 1 aliphatic carbocycles. The molecule has 1 amide bonds. The Hall–Kier alpha value is -0.570. The van der Waals surface area contributed by atoms with Gasteiger partial charge in [0.25, 0.3) is 0 Å². The lowest BCUT2D eigenvalue weighted by Crippen LogP contribution is -2.43. The number of carbonyl (C=O) groups excluding carboxylic acids is 1. The van der Waals surface area contributed by atoms with Crippen LogP contribution >= 0.6 is 0 Å². The summed E-state index contributed by atoms with van der Waals surface area (Å²) < 4.78 is 0. The molecule has 3 nitrogen and oxygen atoms in total. The van der Waals surface area contributed by atoms with Gasteiger partial charge in [-0.2, -0.15) is 0 Å². The van der Waals surface area contributed by atoms with E-state index in [1.807, 2.05) is 0 Å². The molecule has 1 heterocycles. The van der Waals surface area contributed by atoms with Crippen LogP contribution in [-0.2, 0) is 4.79 Å². The van der Waals surface area contributed by atoms with Crippen LogP contribution in [0.1, 0.15) is 52.4 Å². The fourth-order valence-corrected chi connectivity index (χ4v) is 3.61. The maximum absolute atomic E-state index is 12.6. The van der Waals surface area contributed by atoms with E-state index >= 15 is 0 Å². The smallest absolute Gasteiger partial charge is 0.226 e. The van der Waals surface area contributed by atoms with Gasteiger partial charge in [-0.1, -0.05) is 20.3 Å². The number of likely N-dealkylation sites (tertiary alicyclic amines) is 1. The van der Waals surface area contributed by atoms with E-state index in [2.05, 4.69) is 18.7 Å². The van der Waals surface area contributed by atoms with Gasteiger partial charge in [0, 0.05) is 25.0 Å². The molecule has 3 heteroatoms. The van der Waals surface area contributed by atoms with E-state index in [-0.39, 0.29) is 12.0 Å². The van der Waals surface area contributed by atoms with Crippen LogP contribution in [-0.4, -0.2) is 29.9 Å². The molecule has 18 heavy (non-hydrogen) atoms. The first-order chi connectivity index (χ1) is 8.61. The Balaban J connectivity index is 1.90. The molecule has 0 spiro atoms. The lowest BCUT2D eigenvalue weighted by Gasteiger charge is -2.34. The Morgan fingerprint density at radius 3 is 2.83 bits per heavy atom. The fraction of sp³-hybridized carbons (Fsp3) is 0.933. The maximum atomic E-state index is 12.6. The van der Waals surface area contributed by atoms with Crippen molar-refractivity contribution in [2.24, 2.45) is 23.5 Å². The average Bonchev–Trinajstić information content (AvgIpc) is 2.80. The SMILES string of the molecule is CCCC1CCN(C(=O)C2CC(N)CCC2C)C1. The van der Waals surface area contributed by atoms with Crippen molar-refractivity contribution in [2.75, 3.05) is 13.1 Å². The molecule has 0 aromatic carbocycles. The monoisotopic (exact) mass is 252 g/mol. The predicted molar refractivity (Wildman–Crippen MR) is 74.1 cm³/mol. The highest BCUT2D eigenvalue weighted by molar-refractivity contribution is 5.79. The molecular formula is C15H28N2O. The number of nitrogens with two attached hydrogens (primary N) is 1. The molecule has 2 fully saturated rings. The third-order valence-electron chi connectivity index (χ3n) is 4.85. The fourth-order valence-electron chi connectivity index (χ4n) is 3.61.